The third-order valence-corrected chi connectivity index (χ3v) is 4.85. The van der Waals surface area contributed by atoms with Crippen LogP contribution in [0.25, 0.3) is 0 Å². The largest absolute Gasteiger partial charge is 0.705 e. The highest BCUT2D eigenvalue weighted by Crippen LogP contribution is 2.20. The van der Waals surface area contributed by atoms with E-state index in [1.165, 1.54) is 6.92 Å². The van der Waals surface area contributed by atoms with E-state index in [1.54, 1.807) is 0 Å². The van der Waals surface area contributed by atoms with Crippen molar-refractivity contribution in [3.63, 3.8) is 0 Å². The van der Waals surface area contributed by atoms with Gasteiger partial charge >= 0.3 is 8.80 Å². The van der Waals surface area contributed by atoms with Crippen molar-refractivity contribution in [2.75, 3.05) is 0 Å². The lowest BCUT2D eigenvalue weighted by Gasteiger charge is -2.25. The number of carbonyl (C=O) groups is 5. The second-order valence-corrected chi connectivity index (χ2v) is 6.97. The highest BCUT2D eigenvalue weighted by atomic mass is 28.4. The number of rotatable bonds is 8. The van der Waals surface area contributed by atoms with Crippen molar-refractivity contribution >= 4 is 38.3 Å². The van der Waals surface area contributed by atoms with Gasteiger partial charge in [-0.2, -0.15) is 0 Å². The summed E-state index contributed by atoms with van der Waals surface area (Å²) in [6.07, 6.45) is -0.411. The van der Waals surface area contributed by atoms with Gasteiger partial charge in [0.25, 0.3) is 17.9 Å². The fourth-order valence-electron chi connectivity index (χ4n) is 1.49. The van der Waals surface area contributed by atoms with Gasteiger partial charge in [0.15, 0.2) is 0 Å². The van der Waals surface area contributed by atoms with Crippen LogP contribution in [-0.2, 0) is 37.3 Å². The molecule has 0 aliphatic carbocycles. The molecule has 0 fully saturated rings. The Morgan fingerprint density at radius 3 is 1.45 bits per heavy atom. The molecular weight excluding hydrogens is 312 g/mol. The van der Waals surface area contributed by atoms with Gasteiger partial charge in [-0.3, -0.25) is 24.0 Å². The molecule has 122 valence electrons. The molecule has 0 atom stereocenters. The van der Waals surface area contributed by atoms with Crippen molar-refractivity contribution < 1.29 is 37.3 Å². The molecule has 0 aliphatic heterocycles. The van der Waals surface area contributed by atoms with E-state index in [9.17, 15) is 24.0 Å². The lowest BCUT2D eigenvalue weighted by Crippen LogP contribution is -2.49. The summed E-state index contributed by atoms with van der Waals surface area (Å²) in [5.74, 6) is -4.12. The molecule has 0 N–H and O–H groups in total. The maximum Gasteiger partial charge on any atom is 0.705 e. The molecule has 0 rings (SSSR count). The van der Waals surface area contributed by atoms with E-state index in [-0.39, 0.29) is 11.6 Å². The molecule has 0 aromatic heterocycles. The van der Waals surface area contributed by atoms with Crippen molar-refractivity contribution in [2.45, 2.75) is 40.2 Å². The predicted octanol–water partition coefficient (Wildman–Crippen LogP) is 0.719. The molecular formula is C13H18O8Si. The zero-order valence-electron chi connectivity index (χ0n) is 12.9. The summed E-state index contributed by atoms with van der Waals surface area (Å²) in [4.78, 5) is 56.7. The molecule has 0 bridgehead atoms. The highest BCUT2D eigenvalue weighted by molar-refractivity contribution is 6.66. The van der Waals surface area contributed by atoms with Crippen LogP contribution >= 0.6 is 0 Å². The molecule has 8 nitrogen and oxygen atoms in total. The Bertz CT molecular complexity index is 481. The Hall–Kier alpha value is -2.29. The SMILES string of the molecule is C=C(C)C(=O)C(=O)CC[Si](OC(C)=O)(OC(C)=O)OC(C)=O. The van der Waals surface area contributed by atoms with Gasteiger partial charge in [-0.15, -0.1) is 0 Å². The first-order chi connectivity index (χ1) is 9.99. The highest BCUT2D eigenvalue weighted by Gasteiger charge is 2.52. The Morgan fingerprint density at radius 1 is 0.818 bits per heavy atom. The molecule has 0 saturated heterocycles. The zero-order chi connectivity index (χ0) is 17.5. The van der Waals surface area contributed by atoms with Crippen molar-refractivity contribution in [3.8, 4) is 0 Å². The van der Waals surface area contributed by atoms with E-state index >= 15 is 0 Å². The summed E-state index contributed by atoms with van der Waals surface area (Å²) in [6, 6.07) is -0.371. The molecule has 0 heterocycles. The average Bonchev–Trinajstić information content (AvgIpc) is 2.32. The third kappa shape index (κ3) is 6.93. The summed E-state index contributed by atoms with van der Waals surface area (Å²) in [7, 11) is -4.08. The molecule has 0 aliphatic rings. The Labute approximate surface area is 128 Å². The van der Waals surface area contributed by atoms with Gasteiger partial charge in [0.05, 0.1) is 6.04 Å². The fraction of sp³-hybridized carbons (Fsp3) is 0.462. The first kappa shape index (κ1) is 19.7. The lowest BCUT2D eigenvalue weighted by molar-refractivity contribution is -0.148. The first-order valence-electron chi connectivity index (χ1n) is 6.31. The number of hydrogen-bond donors (Lipinski definition) is 0. The molecule has 0 radical (unpaired) electrons. The Morgan fingerprint density at radius 2 is 1.18 bits per heavy atom. The number of Topliss-reactive ketones (excluding diaryl/α,β-unsaturated/α-hetero) is 2. The van der Waals surface area contributed by atoms with Crippen molar-refractivity contribution in [2.24, 2.45) is 0 Å². The fourth-order valence-corrected chi connectivity index (χ4v) is 3.77. The van der Waals surface area contributed by atoms with Gasteiger partial charge in [0, 0.05) is 27.2 Å². The maximum atomic E-state index is 11.7. The van der Waals surface area contributed by atoms with E-state index in [0.717, 1.165) is 20.8 Å². The minimum atomic E-state index is -4.08. The quantitative estimate of drug-likeness (QED) is 0.363. The molecule has 0 aromatic carbocycles. The van der Waals surface area contributed by atoms with Crippen LogP contribution in [0.5, 0.6) is 0 Å². The van der Waals surface area contributed by atoms with Crippen LogP contribution < -0.4 is 0 Å². The van der Waals surface area contributed by atoms with Crippen LogP contribution in [-0.4, -0.2) is 38.3 Å². The second kappa shape index (κ2) is 8.22. The summed E-state index contributed by atoms with van der Waals surface area (Å²) < 4.78 is 14.6. The van der Waals surface area contributed by atoms with Crippen LogP contribution in [0.1, 0.15) is 34.1 Å². The molecule has 0 saturated carbocycles. The summed E-state index contributed by atoms with van der Waals surface area (Å²) >= 11 is 0. The van der Waals surface area contributed by atoms with Crippen molar-refractivity contribution in [1.82, 2.24) is 0 Å². The van der Waals surface area contributed by atoms with Crippen LogP contribution in [0, 0.1) is 0 Å². The monoisotopic (exact) mass is 330 g/mol. The van der Waals surface area contributed by atoms with Crippen LogP contribution in [0.2, 0.25) is 6.04 Å². The van der Waals surface area contributed by atoms with E-state index in [1.807, 2.05) is 0 Å². The number of ketones is 2. The summed E-state index contributed by atoms with van der Waals surface area (Å²) in [5.41, 5.74) is 0.0460. The van der Waals surface area contributed by atoms with E-state index in [2.05, 4.69) is 6.58 Å². The Balaban J connectivity index is 5.26. The van der Waals surface area contributed by atoms with Gasteiger partial charge < -0.3 is 13.3 Å². The standard InChI is InChI=1S/C13H18O8Si/c1-8(2)13(18)12(17)6-7-22(19-9(3)14,20-10(4)15)21-11(5)16/h1,6-7H2,2-5H3. The van der Waals surface area contributed by atoms with Crippen molar-refractivity contribution in [1.29, 1.82) is 0 Å². The van der Waals surface area contributed by atoms with Crippen LogP contribution in [0.15, 0.2) is 12.2 Å². The van der Waals surface area contributed by atoms with Gasteiger partial charge in [-0.05, 0) is 12.5 Å². The predicted molar refractivity (Wildman–Crippen MR) is 75.3 cm³/mol. The lowest BCUT2D eigenvalue weighted by atomic mass is 10.1. The Kier molecular flexibility index (Phi) is 7.37. The van der Waals surface area contributed by atoms with Crippen molar-refractivity contribution in [3.05, 3.63) is 12.2 Å². The summed E-state index contributed by atoms with van der Waals surface area (Å²) in [5, 5.41) is 0. The van der Waals surface area contributed by atoms with Gasteiger partial charge in [-0.25, -0.2) is 0 Å². The minimum Gasteiger partial charge on any atom is -0.455 e. The number of allylic oxidation sites excluding steroid dienone is 1. The van der Waals surface area contributed by atoms with E-state index in [4.69, 9.17) is 13.3 Å². The topological polar surface area (TPSA) is 113 Å². The van der Waals surface area contributed by atoms with Crippen LogP contribution in [0.3, 0.4) is 0 Å². The van der Waals surface area contributed by atoms with E-state index < -0.39 is 44.7 Å². The molecule has 0 unspecified atom stereocenters. The average molecular weight is 330 g/mol. The zero-order valence-corrected chi connectivity index (χ0v) is 13.9. The summed E-state index contributed by atoms with van der Waals surface area (Å²) in [6.45, 7) is 7.83. The first-order valence-corrected chi connectivity index (χ1v) is 8.24. The van der Waals surface area contributed by atoms with Gasteiger partial charge in [0.1, 0.15) is 0 Å². The molecule has 0 aromatic rings. The molecule has 0 amide bonds. The number of carbonyl (C=O) groups excluding carboxylic acids is 5. The normalized spacial score (nSPS) is 10.4. The van der Waals surface area contributed by atoms with Crippen LogP contribution in [0.4, 0.5) is 0 Å². The molecule has 9 heteroatoms. The van der Waals surface area contributed by atoms with E-state index in [0.29, 0.717) is 0 Å². The maximum absolute atomic E-state index is 11.7. The smallest absolute Gasteiger partial charge is 0.455 e. The number of hydrogen-bond acceptors (Lipinski definition) is 8. The third-order valence-electron chi connectivity index (χ3n) is 2.20. The molecule has 22 heavy (non-hydrogen) atoms. The second-order valence-electron chi connectivity index (χ2n) is 4.50. The van der Waals surface area contributed by atoms with Gasteiger partial charge in [0.2, 0.25) is 11.6 Å². The minimum absolute atomic E-state index is 0.0460. The molecule has 0 spiro atoms. The van der Waals surface area contributed by atoms with Gasteiger partial charge in [-0.1, -0.05) is 6.58 Å².